The van der Waals surface area contributed by atoms with Crippen LogP contribution in [0.15, 0.2) is 9.59 Å². The number of H-pyrrole nitrogens is 1. The molecule has 0 aromatic carbocycles. The largest absolute Gasteiger partial charge is 0.394 e. The molecule has 0 aliphatic carbocycles. The average Bonchev–Trinajstić information content (AvgIpc) is 3.17. The minimum atomic E-state index is -0.676. The van der Waals surface area contributed by atoms with Crippen molar-refractivity contribution >= 4 is 23.0 Å². The first kappa shape index (κ1) is 20.3. The number of hydrogen-bond acceptors (Lipinski definition) is 6. The third-order valence-electron chi connectivity index (χ3n) is 4.75. The number of hydrogen-bond donors (Lipinski definition) is 3. The molecular formula is C18H27N5O5. The van der Waals surface area contributed by atoms with E-state index in [1.54, 1.807) is 20.8 Å². The fourth-order valence-electron chi connectivity index (χ4n) is 3.24. The van der Waals surface area contributed by atoms with Gasteiger partial charge in [0.05, 0.1) is 12.7 Å². The van der Waals surface area contributed by atoms with Crippen molar-refractivity contribution in [1.82, 2.24) is 19.1 Å². The predicted molar refractivity (Wildman–Crippen MR) is 103 cm³/mol. The molecule has 3 N–H and O–H groups in total. The number of aromatic nitrogens is 4. The van der Waals surface area contributed by atoms with Crippen molar-refractivity contribution < 1.29 is 14.6 Å². The summed E-state index contributed by atoms with van der Waals surface area (Å²) in [4.78, 5) is 44.9. The SMILES string of the molecule is CCCn1c(=O)n(C2CCC(CO)O2)c2nc(NC(=O)C(C)(C)C)[nH]c(=O)c21. The van der Waals surface area contributed by atoms with Crippen LogP contribution in [0.3, 0.4) is 0 Å². The Morgan fingerprint density at radius 2 is 2.07 bits per heavy atom. The number of carbonyl (C=O) groups excluding carboxylic acids is 1. The lowest BCUT2D eigenvalue weighted by Crippen LogP contribution is -2.29. The van der Waals surface area contributed by atoms with Crippen LogP contribution in [0.4, 0.5) is 5.95 Å². The smallest absolute Gasteiger partial charge is 0.332 e. The Bertz CT molecular complexity index is 997. The van der Waals surface area contributed by atoms with Gasteiger partial charge in [-0.15, -0.1) is 0 Å². The number of nitrogens with one attached hydrogen (secondary N) is 2. The quantitative estimate of drug-likeness (QED) is 0.693. The maximum atomic E-state index is 13.0. The molecule has 0 saturated carbocycles. The van der Waals surface area contributed by atoms with Crippen LogP contribution in [0.25, 0.3) is 11.2 Å². The highest BCUT2D eigenvalue weighted by Gasteiger charge is 2.31. The van der Waals surface area contributed by atoms with E-state index < -0.39 is 22.9 Å². The van der Waals surface area contributed by atoms with Gasteiger partial charge < -0.3 is 9.84 Å². The van der Waals surface area contributed by atoms with Crippen molar-refractivity contribution in [2.45, 2.75) is 65.8 Å². The minimum absolute atomic E-state index is 0.0171. The number of nitrogens with zero attached hydrogens (tertiary/aromatic N) is 3. The van der Waals surface area contributed by atoms with E-state index in [4.69, 9.17) is 4.74 Å². The highest BCUT2D eigenvalue weighted by molar-refractivity contribution is 5.93. The highest BCUT2D eigenvalue weighted by Crippen LogP contribution is 2.29. The standard InChI is InChI=1S/C18H27N5O5/c1-5-8-22-12-13(23(17(22)27)11-7-6-10(9-24)28-11)19-16(20-14(12)25)21-15(26)18(2,3)4/h10-11,24H,5-9H2,1-4H3,(H2,19,20,21,25,26). The van der Waals surface area contributed by atoms with E-state index in [0.29, 0.717) is 25.8 Å². The monoisotopic (exact) mass is 393 g/mol. The van der Waals surface area contributed by atoms with Crippen LogP contribution in [-0.4, -0.2) is 42.8 Å². The van der Waals surface area contributed by atoms with E-state index in [0.717, 1.165) is 0 Å². The first-order valence-corrected chi connectivity index (χ1v) is 9.50. The molecule has 2 aromatic rings. The summed E-state index contributed by atoms with van der Waals surface area (Å²) in [5.41, 5.74) is -1.26. The number of imidazole rings is 1. The summed E-state index contributed by atoms with van der Waals surface area (Å²) >= 11 is 0. The molecule has 1 fully saturated rings. The van der Waals surface area contributed by atoms with Gasteiger partial charge in [-0.25, -0.2) is 9.36 Å². The van der Waals surface area contributed by atoms with Gasteiger partial charge >= 0.3 is 5.69 Å². The van der Waals surface area contributed by atoms with Crippen LogP contribution < -0.4 is 16.6 Å². The number of rotatable bonds is 5. The second-order valence-corrected chi connectivity index (χ2v) is 8.07. The lowest BCUT2D eigenvalue weighted by Gasteiger charge is -2.17. The van der Waals surface area contributed by atoms with Crippen molar-refractivity contribution in [2.75, 3.05) is 11.9 Å². The molecule has 10 nitrogen and oxygen atoms in total. The van der Waals surface area contributed by atoms with Crippen molar-refractivity contribution in [2.24, 2.45) is 5.41 Å². The van der Waals surface area contributed by atoms with E-state index in [-0.39, 0.29) is 35.7 Å². The van der Waals surface area contributed by atoms with Crippen molar-refractivity contribution in [3.63, 3.8) is 0 Å². The van der Waals surface area contributed by atoms with E-state index >= 15 is 0 Å². The molecule has 1 amide bonds. The van der Waals surface area contributed by atoms with Gasteiger partial charge in [0.1, 0.15) is 6.23 Å². The number of ether oxygens (including phenoxy) is 1. The summed E-state index contributed by atoms with van der Waals surface area (Å²) in [6.07, 6.45) is 0.805. The molecule has 0 spiro atoms. The Morgan fingerprint density at radius 3 is 2.64 bits per heavy atom. The summed E-state index contributed by atoms with van der Waals surface area (Å²) in [5.74, 6) is -0.328. The zero-order valence-electron chi connectivity index (χ0n) is 16.6. The number of aliphatic hydroxyl groups excluding tert-OH is 1. The van der Waals surface area contributed by atoms with Gasteiger partial charge in [-0.1, -0.05) is 27.7 Å². The van der Waals surface area contributed by atoms with Gasteiger partial charge in [-0.3, -0.25) is 24.5 Å². The van der Waals surface area contributed by atoms with Crippen molar-refractivity contribution in [3.8, 4) is 0 Å². The fraction of sp³-hybridized carbons (Fsp3) is 0.667. The van der Waals surface area contributed by atoms with Gasteiger partial charge in [-0.05, 0) is 19.3 Å². The third-order valence-corrected chi connectivity index (χ3v) is 4.75. The second-order valence-electron chi connectivity index (χ2n) is 8.07. The summed E-state index contributed by atoms with van der Waals surface area (Å²) in [7, 11) is 0. The molecule has 2 atom stereocenters. The molecule has 1 saturated heterocycles. The van der Waals surface area contributed by atoms with Gasteiger partial charge in [-0.2, -0.15) is 4.98 Å². The predicted octanol–water partition coefficient (Wildman–Crippen LogP) is 0.951. The van der Waals surface area contributed by atoms with Crippen LogP contribution in [0.2, 0.25) is 0 Å². The molecular weight excluding hydrogens is 366 g/mol. The van der Waals surface area contributed by atoms with Crippen LogP contribution in [0.1, 0.15) is 53.2 Å². The zero-order chi connectivity index (χ0) is 20.6. The van der Waals surface area contributed by atoms with Gasteiger partial charge in [0, 0.05) is 12.0 Å². The minimum Gasteiger partial charge on any atom is -0.394 e. The Hall–Kier alpha value is -2.46. The van der Waals surface area contributed by atoms with Crippen LogP contribution in [0.5, 0.6) is 0 Å². The number of aryl methyl sites for hydroxylation is 1. The number of fused-ring (bicyclic) bond motifs is 1. The summed E-state index contributed by atoms with van der Waals surface area (Å²) in [6, 6.07) is 0. The van der Waals surface area contributed by atoms with Crippen LogP contribution in [0, 0.1) is 5.41 Å². The summed E-state index contributed by atoms with van der Waals surface area (Å²) < 4.78 is 8.48. The van der Waals surface area contributed by atoms with E-state index in [9.17, 15) is 19.5 Å². The molecule has 0 radical (unpaired) electrons. The van der Waals surface area contributed by atoms with E-state index in [1.165, 1.54) is 9.13 Å². The molecule has 1 aliphatic rings. The van der Waals surface area contributed by atoms with Crippen molar-refractivity contribution in [3.05, 3.63) is 20.8 Å². The first-order chi connectivity index (χ1) is 13.2. The maximum absolute atomic E-state index is 13.0. The van der Waals surface area contributed by atoms with Crippen LogP contribution >= 0.6 is 0 Å². The molecule has 10 heteroatoms. The Kier molecular flexibility index (Phi) is 5.44. The Labute approximate surface area is 161 Å². The average molecular weight is 393 g/mol. The molecule has 3 heterocycles. The maximum Gasteiger partial charge on any atom is 0.332 e. The molecule has 2 aromatic heterocycles. The van der Waals surface area contributed by atoms with Crippen molar-refractivity contribution in [1.29, 1.82) is 0 Å². The number of amides is 1. The van der Waals surface area contributed by atoms with Gasteiger partial charge in [0.25, 0.3) is 5.56 Å². The normalized spacial score (nSPS) is 20.0. The summed E-state index contributed by atoms with van der Waals surface area (Å²) in [5, 5.41) is 11.9. The van der Waals surface area contributed by atoms with E-state index in [2.05, 4.69) is 15.3 Å². The van der Waals surface area contributed by atoms with Gasteiger partial charge in [0.2, 0.25) is 11.9 Å². The van der Waals surface area contributed by atoms with Gasteiger partial charge in [0.15, 0.2) is 11.2 Å². The Balaban J connectivity index is 2.15. The number of aromatic amines is 1. The second kappa shape index (κ2) is 7.51. The molecule has 2 unspecified atom stereocenters. The third kappa shape index (κ3) is 3.61. The fourth-order valence-corrected chi connectivity index (χ4v) is 3.24. The number of carbonyl (C=O) groups is 1. The number of anilines is 1. The molecule has 154 valence electrons. The number of aliphatic hydroxyl groups is 1. The van der Waals surface area contributed by atoms with E-state index in [1.807, 2.05) is 6.92 Å². The topological polar surface area (TPSA) is 131 Å². The highest BCUT2D eigenvalue weighted by atomic mass is 16.5. The Morgan fingerprint density at radius 1 is 1.36 bits per heavy atom. The molecule has 1 aliphatic heterocycles. The summed E-state index contributed by atoms with van der Waals surface area (Å²) in [6.45, 7) is 7.36. The lowest BCUT2D eigenvalue weighted by atomic mass is 9.96. The molecule has 28 heavy (non-hydrogen) atoms. The zero-order valence-corrected chi connectivity index (χ0v) is 16.6. The molecule has 0 bridgehead atoms. The lowest BCUT2D eigenvalue weighted by molar-refractivity contribution is -0.123. The molecule has 3 rings (SSSR count). The van der Waals surface area contributed by atoms with Crippen LogP contribution in [-0.2, 0) is 16.1 Å². The first-order valence-electron chi connectivity index (χ1n) is 9.50.